The number of carbonyl (C=O) groups excluding carboxylic acids is 2. The first-order valence-corrected chi connectivity index (χ1v) is 4.16. The normalized spacial score (nSPS) is 22.2. The van der Waals surface area contributed by atoms with E-state index >= 15 is 0 Å². The van der Waals surface area contributed by atoms with E-state index in [-0.39, 0.29) is 5.91 Å². The third-order valence-electron chi connectivity index (χ3n) is 1.47. The minimum Gasteiger partial charge on any atom is -0.320 e. The third-order valence-corrected chi connectivity index (χ3v) is 2.31. The molecule has 0 radical (unpaired) electrons. The van der Waals surface area contributed by atoms with Gasteiger partial charge in [0.2, 0.25) is 0 Å². The predicted octanol–water partition coefficient (Wildman–Crippen LogP) is 0.0236. The Hall–Kier alpha value is -1.43. The second kappa shape index (κ2) is 2.56. The highest BCUT2D eigenvalue weighted by Crippen LogP contribution is 2.17. The summed E-state index contributed by atoms with van der Waals surface area (Å²) in [5.74, 6) is -0.338. The lowest BCUT2D eigenvalue weighted by atomic mass is 10.3. The smallest absolute Gasteiger partial charge is 0.320 e. The Balaban J connectivity index is 2.26. The number of urea groups is 1. The van der Waals surface area contributed by atoms with Gasteiger partial charge in [0.25, 0.3) is 5.91 Å². The number of nitrogens with one attached hydrogen (secondary N) is 2. The average Bonchev–Trinajstić information content (AvgIpc) is 2.58. The summed E-state index contributed by atoms with van der Waals surface area (Å²) in [5, 5.41) is 6.95. The van der Waals surface area contributed by atoms with Gasteiger partial charge in [0, 0.05) is 11.6 Å². The van der Waals surface area contributed by atoms with Crippen molar-refractivity contribution in [3.63, 3.8) is 0 Å². The highest BCUT2D eigenvalue weighted by Gasteiger charge is 2.32. The van der Waals surface area contributed by atoms with Crippen molar-refractivity contribution in [2.45, 2.75) is 6.04 Å². The van der Waals surface area contributed by atoms with Gasteiger partial charge in [0.1, 0.15) is 5.01 Å². The lowest BCUT2D eigenvalue weighted by Gasteiger charge is -1.99. The monoisotopic (exact) mass is 183 g/mol. The van der Waals surface area contributed by atoms with Gasteiger partial charge in [-0.1, -0.05) is 0 Å². The second-order valence-electron chi connectivity index (χ2n) is 2.27. The number of carbonyl (C=O) groups is 2. The Morgan fingerprint density at radius 2 is 2.33 bits per heavy atom. The van der Waals surface area contributed by atoms with Crippen molar-refractivity contribution in [3.8, 4) is 0 Å². The summed E-state index contributed by atoms with van der Waals surface area (Å²) < 4.78 is 0. The van der Waals surface area contributed by atoms with E-state index in [0.29, 0.717) is 5.01 Å². The number of aromatic nitrogens is 1. The topological polar surface area (TPSA) is 71.1 Å². The molecule has 0 saturated carbocycles. The van der Waals surface area contributed by atoms with E-state index in [1.807, 2.05) is 0 Å². The quantitative estimate of drug-likeness (QED) is 0.603. The van der Waals surface area contributed by atoms with Gasteiger partial charge in [0.05, 0.1) is 0 Å². The molecule has 2 N–H and O–H groups in total. The zero-order chi connectivity index (χ0) is 8.55. The fourth-order valence-corrected chi connectivity index (χ4v) is 1.65. The molecule has 1 fully saturated rings. The van der Waals surface area contributed by atoms with Crippen LogP contribution >= 0.6 is 11.3 Å². The Labute approximate surface area is 71.8 Å². The molecule has 0 bridgehead atoms. The maximum Gasteiger partial charge on any atom is 0.322 e. The van der Waals surface area contributed by atoms with Crippen LogP contribution in [0.1, 0.15) is 11.0 Å². The summed E-state index contributed by atoms with van der Waals surface area (Å²) in [4.78, 5) is 25.7. The number of rotatable bonds is 1. The number of amides is 3. The van der Waals surface area contributed by atoms with E-state index in [9.17, 15) is 9.59 Å². The van der Waals surface area contributed by atoms with Gasteiger partial charge in [0.15, 0.2) is 6.04 Å². The first-order chi connectivity index (χ1) is 5.77. The van der Waals surface area contributed by atoms with Gasteiger partial charge in [-0.25, -0.2) is 9.78 Å². The highest BCUT2D eigenvalue weighted by molar-refractivity contribution is 7.09. The minimum absolute atomic E-state index is 0.338. The van der Waals surface area contributed by atoms with Gasteiger partial charge in [-0.15, -0.1) is 11.3 Å². The Bertz CT molecular complexity index is 322. The fraction of sp³-hybridized carbons (Fsp3) is 0.167. The fourth-order valence-electron chi connectivity index (χ4n) is 0.968. The zero-order valence-corrected chi connectivity index (χ0v) is 6.72. The maximum atomic E-state index is 11.1. The van der Waals surface area contributed by atoms with Crippen LogP contribution in [-0.4, -0.2) is 16.9 Å². The van der Waals surface area contributed by atoms with Crippen molar-refractivity contribution in [1.29, 1.82) is 0 Å². The van der Waals surface area contributed by atoms with Gasteiger partial charge >= 0.3 is 6.03 Å². The second-order valence-corrected chi connectivity index (χ2v) is 3.19. The van der Waals surface area contributed by atoms with Crippen molar-refractivity contribution in [3.05, 3.63) is 16.6 Å². The lowest BCUT2D eigenvalue weighted by molar-refractivity contribution is -0.120. The predicted molar refractivity (Wildman–Crippen MR) is 41.5 cm³/mol. The minimum atomic E-state index is -0.600. The number of hydrogen-bond donors (Lipinski definition) is 2. The molecule has 62 valence electrons. The molecule has 1 atom stereocenters. The molecular weight excluding hydrogens is 178 g/mol. The van der Waals surface area contributed by atoms with E-state index in [4.69, 9.17) is 0 Å². The van der Waals surface area contributed by atoms with Crippen LogP contribution in [0.3, 0.4) is 0 Å². The van der Waals surface area contributed by atoms with Crippen LogP contribution in [0.4, 0.5) is 4.79 Å². The molecule has 1 aliphatic rings. The van der Waals surface area contributed by atoms with Crippen LogP contribution in [0, 0.1) is 0 Å². The molecule has 1 aromatic rings. The molecule has 5 nitrogen and oxygen atoms in total. The summed E-state index contributed by atoms with van der Waals surface area (Å²) in [5.41, 5.74) is 0. The number of imide groups is 1. The standard InChI is InChI=1S/C6H5N3O2S/c10-4-3(8-6(11)9-4)5-7-1-2-12-5/h1-3H,(H2,8,9,10,11)/t3-/m0/s1. The summed E-state index contributed by atoms with van der Waals surface area (Å²) >= 11 is 1.34. The summed E-state index contributed by atoms with van der Waals surface area (Å²) in [6.07, 6.45) is 1.59. The van der Waals surface area contributed by atoms with Crippen LogP contribution in [-0.2, 0) is 4.79 Å². The largest absolute Gasteiger partial charge is 0.322 e. The first-order valence-electron chi connectivity index (χ1n) is 3.28. The van der Waals surface area contributed by atoms with Gasteiger partial charge in [-0.2, -0.15) is 0 Å². The van der Waals surface area contributed by atoms with E-state index in [0.717, 1.165) is 0 Å². The van der Waals surface area contributed by atoms with E-state index in [1.165, 1.54) is 11.3 Å². The van der Waals surface area contributed by atoms with Crippen LogP contribution in [0.15, 0.2) is 11.6 Å². The van der Waals surface area contributed by atoms with Crippen LogP contribution in [0.25, 0.3) is 0 Å². The Morgan fingerprint density at radius 3 is 2.83 bits per heavy atom. The van der Waals surface area contributed by atoms with E-state index < -0.39 is 12.1 Å². The number of nitrogens with zero attached hydrogens (tertiary/aromatic N) is 1. The van der Waals surface area contributed by atoms with Crippen molar-refractivity contribution in [1.82, 2.24) is 15.6 Å². The zero-order valence-electron chi connectivity index (χ0n) is 5.90. The van der Waals surface area contributed by atoms with Crippen molar-refractivity contribution >= 4 is 23.3 Å². The molecule has 0 aliphatic carbocycles. The molecule has 12 heavy (non-hydrogen) atoms. The van der Waals surface area contributed by atoms with Gasteiger partial charge < -0.3 is 5.32 Å². The van der Waals surface area contributed by atoms with Crippen LogP contribution < -0.4 is 10.6 Å². The third kappa shape index (κ3) is 1.06. The molecule has 2 rings (SSSR count). The van der Waals surface area contributed by atoms with Crippen LogP contribution in [0.2, 0.25) is 0 Å². The molecule has 0 spiro atoms. The molecule has 2 heterocycles. The van der Waals surface area contributed by atoms with Crippen molar-refractivity contribution < 1.29 is 9.59 Å². The van der Waals surface area contributed by atoms with Crippen LogP contribution in [0.5, 0.6) is 0 Å². The molecule has 0 unspecified atom stereocenters. The highest BCUT2D eigenvalue weighted by atomic mass is 32.1. The molecular formula is C6H5N3O2S. The molecule has 6 heteroatoms. The summed E-state index contributed by atoms with van der Waals surface area (Å²) in [6, 6.07) is -1.06. The van der Waals surface area contributed by atoms with E-state index in [1.54, 1.807) is 11.6 Å². The Kier molecular flexibility index (Phi) is 1.54. The lowest BCUT2D eigenvalue weighted by Crippen LogP contribution is -2.22. The molecule has 1 aliphatic heterocycles. The first kappa shape index (κ1) is 7.23. The summed E-state index contributed by atoms with van der Waals surface area (Å²) in [6.45, 7) is 0. The number of hydrogen-bond acceptors (Lipinski definition) is 4. The summed E-state index contributed by atoms with van der Waals surface area (Å²) in [7, 11) is 0. The maximum absolute atomic E-state index is 11.1. The number of thiazole rings is 1. The Morgan fingerprint density at radius 1 is 1.50 bits per heavy atom. The molecule has 3 amide bonds. The van der Waals surface area contributed by atoms with Gasteiger partial charge in [-0.05, 0) is 0 Å². The average molecular weight is 183 g/mol. The van der Waals surface area contributed by atoms with Gasteiger partial charge in [-0.3, -0.25) is 10.1 Å². The molecule has 1 aromatic heterocycles. The van der Waals surface area contributed by atoms with E-state index in [2.05, 4.69) is 15.6 Å². The van der Waals surface area contributed by atoms with Crippen molar-refractivity contribution in [2.75, 3.05) is 0 Å². The van der Waals surface area contributed by atoms with Crippen molar-refractivity contribution in [2.24, 2.45) is 0 Å². The molecule has 1 saturated heterocycles. The SMILES string of the molecule is O=C1NC(=O)[C@@H](c2nccs2)N1. The molecule has 0 aromatic carbocycles.